The fraction of sp³-hybridized carbons (Fsp3) is 0.0833. The van der Waals surface area contributed by atoms with E-state index in [-0.39, 0.29) is 22.8 Å². The Morgan fingerprint density at radius 3 is 2.09 bits per heavy atom. The van der Waals surface area contributed by atoms with Crippen molar-refractivity contribution in [2.24, 2.45) is 0 Å². The molecule has 0 radical (unpaired) electrons. The van der Waals surface area contributed by atoms with Crippen LogP contribution in [0.25, 0.3) is 5.76 Å². The number of ketones is 1. The number of aromatic hydroxyl groups is 1. The van der Waals surface area contributed by atoms with Gasteiger partial charge in [0.05, 0.1) is 16.5 Å². The van der Waals surface area contributed by atoms with E-state index in [2.05, 4.69) is 0 Å². The van der Waals surface area contributed by atoms with Crippen molar-refractivity contribution >= 4 is 28.8 Å². The molecule has 0 spiro atoms. The Hall–Kier alpha value is -4.46. The number of non-ortho nitro benzene ring substituents is 1. The molecule has 1 atom stereocenters. The van der Waals surface area contributed by atoms with Crippen molar-refractivity contribution in [1.82, 2.24) is 0 Å². The van der Waals surface area contributed by atoms with Crippen molar-refractivity contribution in [2.45, 2.75) is 13.0 Å². The maximum atomic E-state index is 13.0. The molecule has 1 fully saturated rings. The Labute approximate surface area is 182 Å². The van der Waals surface area contributed by atoms with Crippen LogP contribution in [-0.2, 0) is 9.59 Å². The fourth-order valence-electron chi connectivity index (χ4n) is 3.67. The van der Waals surface area contributed by atoms with Crippen LogP contribution in [0.3, 0.4) is 0 Å². The average molecular weight is 430 g/mol. The van der Waals surface area contributed by atoms with Gasteiger partial charge in [-0.15, -0.1) is 0 Å². The number of hydrogen-bond donors (Lipinski definition) is 2. The molecule has 160 valence electrons. The molecule has 8 heteroatoms. The Bertz CT molecular complexity index is 1250. The third-order valence-corrected chi connectivity index (χ3v) is 5.32. The van der Waals surface area contributed by atoms with Gasteiger partial charge in [-0.05, 0) is 48.9 Å². The molecular weight excluding hydrogens is 412 g/mol. The van der Waals surface area contributed by atoms with Gasteiger partial charge in [-0.25, -0.2) is 0 Å². The predicted molar refractivity (Wildman–Crippen MR) is 117 cm³/mol. The summed E-state index contributed by atoms with van der Waals surface area (Å²) in [4.78, 5) is 37.8. The first-order valence-electron chi connectivity index (χ1n) is 9.69. The molecule has 1 aliphatic heterocycles. The molecule has 1 saturated heterocycles. The Kier molecular flexibility index (Phi) is 5.19. The monoisotopic (exact) mass is 430 g/mol. The zero-order valence-electron chi connectivity index (χ0n) is 16.9. The molecule has 1 heterocycles. The third-order valence-electron chi connectivity index (χ3n) is 5.32. The number of Topliss-reactive ketones (excluding diaryl/α,β-unsaturated/α-hetero) is 1. The first-order chi connectivity index (χ1) is 15.3. The van der Waals surface area contributed by atoms with Gasteiger partial charge in [-0.1, -0.05) is 29.8 Å². The van der Waals surface area contributed by atoms with Crippen LogP contribution in [0.1, 0.15) is 22.7 Å². The molecule has 0 aromatic heterocycles. The second-order valence-corrected chi connectivity index (χ2v) is 7.40. The number of benzene rings is 3. The van der Waals surface area contributed by atoms with E-state index in [1.165, 1.54) is 53.4 Å². The molecule has 3 aromatic rings. The van der Waals surface area contributed by atoms with Crippen molar-refractivity contribution in [3.05, 3.63) is 105 Å². The van der Waals surface area contributed by atoms with E-state index >= 15 is 0 Å². The lowest BCUT2D eigenvalue weighted by molar-refractivity contribution is -0.384. The maximum absolute atomic E-state index is 13.0. The number of amides is 1. The number of anilines is 1. The molecule has 1 amide bonds. The zero-order chi connectivity index (χ0) is 23.0. The molecule has 2 N–H and O–H groups in total. The highest BCUT2D eigenvalue weighted by molar-refractivity contribution is 6.51. The lowest BCUT2D eigenvalue weighted by Gasteiger charge is -2.25. The molecular formula is C24H18N2O6. The highest BCUT2D eigenvalue weighted by atomic mass is 16.6. The minimum atomic E-state index is -1.01. The third kappa shape index (κ3) is 3.58. The van der Waals surface area contributed by atoms with Gasteiger partial charge in [-0.2, -0.15) is 0 Å². The van der Waals surface area contributed by atoms with Crippen LogP contribution in [0.5, 0.6) is 5.75 Å². The number of phenols is 1. The minimum Gasteiger partial charge on any atom is -0.508 e. The summed E-state index contributed by atoms with van der Waals surface area (Å²) >= 11 is 0. The molecule has 1 unspecified atom stereocenters. The summed E-state index contributed by atoms with van der Waals surface area (Å²) in [5, 5.41) is 31.7. The van der Waals surface area contributed by atoms with E-state index in [9.17, 15) is 29.9 Å². The summed E-state index contributed by atoms with van der Waals surface area (Å²) in [6, 6.07) is 17.0. The van der Waals surface area contributed by atoms with Crippen LogP contribution in [-0.4, -0.2) is 26.8 Å². The normalized spacial score (nSPS) is 17.5. The molecule has 0 aliphatic carbocycles. The van der Waals surface area contributed by atoms with Gasteiger partial charge in [-0.3, -0.25) is 24.6 Å². The highest BCUT2D eigenvalue weighted by Crippen LogP contribution is 2.42. The number of carbonyl (C=O) groups excluding carboxylic acids is 2. The molecule has 4 rings (SSSR count). The summed E-state index contributed by atoms with van der Waals surface area (Å²) < 4.78 is 0. The largest absolute Gasteiger partial charge is 0.508 e. The summed E-state index contributed by atoms with van der Waals surface area (Å²) in [6.45, 7) is 1.88. The van der Waals surface area contributed by atoms with Crippen molar-refractivity contribution < 1.29 is 24.7 Å². The van der Waals surface area contributed by atoms with Crippen LogP contribution in [0, 0.1) is 17.0 Å². The number of rotatable bonds is 4. The summed E-state index contributed by atoms with van der Waals surface area (Å²) in [6.07, 6.45) is 0. The fourth-order valence-corrected chi connectivity index (χ4v) is 3.67. The van der Waals surface area contributed by atoms with Crippen LogP contribution in [0.15, 0.2) is 78.4 Å². The second kappa shape index (κ2) is 7.99. The highest BCUT2D eigenvalue weighted by Gasteiger charge is 2.47. The SMILES string of the molecule is Cc1ccc(C(O)=C2C(=O)C(=O)N(c3ccc(O)cc3)C2c2ccc([N+](=O)[O-])cc2)cc1. The van der Waals surface area contributed by atoms with Crippen molar-refractivity contribution in [3.63, 3.8) is 0 Å². The van der Waals surface area contributed by atoms with Crippen LogP contribution >= 0.6 is 0 Å². The molecule has 3 aromatic carbocycles. The minimum absolute atomic E-state index is 0.0168. The van der Waals surface area contributed by atoms with Gasteiger partial charge in [0.25, 0.3) is 17.4 Å². The Balaban J connectivity index is 1.92. The summed E-state index contributed by atoms with van der Waals surface area (Å²) in [5.41, 5.74) is 1.80. The van der Waals surface area contributed by atoms with E-state index in [1.807, 2.05) is 6.92 Å². The maximum Gasteiger partial charge on any atom is 0.300 e. The van der Waals surface area contributed by atoms with E-state index < -0.39 is 22.7 Å². The van der Waals surface area contributed by atoms with E-state index in [0.717, 1.165) is 5.56 Å². The number of aryl methyl sites for hydroxylation is 1. The summed E-state index contributed by atoms with van der Waals surface area (Å²) in [7, 11) is 0. The number of aliphatic hydroxyl groups is 1. The Morgan fingerprint density at radius 2 is 1.53 bits per heavy atom. The van der Waals surface area contributed by atoms with Crippen LogP contribution in [0.4, 0.5) is 11.4 Å². The van der Waals surface area contributed by atoms with Crippen molar-refractivity contribution in [3.8, 4) is 5.75 Å². The smallest absolute Gasteiger partial charge is 0.300 e. The van der Waals surface area contributed by atoms with Crippen molar-refractivity contribution in [2.75, 3.05) is 4.90 Å². The van der Waals surface area contributed by atoms with Crippen molar-refractivity contribution in [1.29, 1.82) is 0 Å². The van der Waals surface area contributed by atoms with Gasteiger partial charge in [0.2, 0.25) is 0 Å². The van der Waals surface area contributed by atoms with Gasteiger partial charge < -0.3 is 10.2 Å². The van der Waals surface area contributed by atoms with E-state index in [4.69, 9.17) is 0 Å². The number of aliphatic hydroxyl groups excluding tert-OH is 1. The number of phenolic OH excluding ortho intramolecular Hbond substituents is 1. The van der Waals surface area contributed by atoms with Crippen LogP contribution in [0.2, 0.25) is 0 Å². The van der Waals surface area contributed by atoms with Gasteiger partial charge in [0.15, 0.2) is 0 Å². The first-order valence-corrected chi connectivity index (χ1v) is 9.69. The number of nitro groups is 1. The quantitative estimate of drug-likeness (QED) is 0.210. The van der Waals surface area contributed by atoms with E-state index in [0.29, 0.717) is 16.8 Å². The molecule has 0 bridgehead atoms. The number of hydrogen-bond acceptors (Lipinski definition) is 6. The van der Waals surface area contributed by atoms with E-state index in [1.54, 1.807) is 24.3 Å². The topological polar surface area (TPSA) is 121 Å². The second-order valence-electron chi connectivity index (χ2n) is 7.40. The Morgan fingerprint density at radius 1 is 0.938 bits per heavy atom. The molecule has 0 saturated carbocycles. The standard InChI is InChI=1S/C24H18N2O6/c1-14-2-4-16(5-3-14)22(28)20-21(15-6-8-18(9-7-15)26(31)32)25(24(30)23(20)29)17-10-12-19(27)13-11-17/h2-13,21,27-28H,1H3. The van der Waals surface area contributed by atoms with Gasteiger partial charge >= 0.3 is 0 Å². The molecule has 8 nitrogen and oxygen atoms in total. The molecule has 1 aliphatic rings. The van der Waals surface area contributed by atoms with Crippen LogP contribution < -0.4 is 4.90 Å². The number of carbonyl (C=O) groups is 2. The van der Waals surface area contributed by atoms with Gasteiger partial charge in [0, 0.05) is 23.4 Å². The predicted octanol–water partition coefficient (Wildman–Crippen LogP) is 4.24. The average Bonchev–Trinajstić information content (AvgIpc) is 3.05. The zero-order valence-corrected chi connectivity index (χ0v) is 16.9. The first kappa shape index (κ1) is 20.8. The lowest BCUT2D eigenvalue weighted by atomic mass is 9.94. The number of nitro benzene ring substituents is 1. The van der Waals surface area contributed by atoms with Gasteiger partial charge in [0.1, 0.15) is 11.5 Å². The lowest BCUT2D eigenvalue weighted by Crippen LogP contribution is -2.29. The summed E-state index contributed by atoms with van der Waals surface area (Å²) in [5.74, 6) is -2.09. The number of nitrogens with zero attached hydrogens (tertiary/aromatic N) is 2. The molecule has 32 heavy (non-hydrogen) atoms.